The van der Waals surface area contributed by atoms with E-state index in [0.717, 1.165) is 16.6 Å². The lowest BCUT2D eigenvalue weighted by atomic mass is 10.1. The van der Waals surface area contributed by atoms with Crippen LogP contribution in [-0.4, -0.2) is 28.0 Å². The highest BCUT2D eigenvalue weighted by Gasteiger charge is 2.14. The number of nitrogens with zero attached hydrogens (tertiary/aromatic N) is 4. The Morgan fingerprint density at radius 3 is 2.55 bits per heavy atom. The van der Waals surface area contributed by atoms with Crippen LogP contribution in [-0.2, 0) is 0 Å². The summed E-state index contributed by atoms with van der Waals surface area (Å²) in [5.41, 5.74) is 2.79. The molecule has 0 aliphatic heterocycles. The summed E-state index contributed by atoms with van der Waals surface area (Å²) in [5, 5.41) is 1.00. The Morgan fingerprint density at radius 1 is 1.09 bits per heavy atom. The molecular weight excluding hydrogens is 279 g/mol. The zero-order valence-corrected chi connectivity index (χ0v) is 12.8. The number of hydrogen-bond acceptors (Lipinski definition) is 4. The molecule has 3 aromatic rings. The van der Waals surface area contributed by atoms with Crippen molar-refractivity contribution >= 4 is 16.6 Å². The molecule has 0 saturated heterocycles. The first kappa shape index (κ1) is 14.4. The summed E-state index contributed by atoms with van der Waals surface area (Å²) in [7, 11) is 2.02. The molecule has 0 atom stereocenters. The topological polar surface area (TPSA) is 41.9 Å². The van der Waals surface area contributed by atoms with Gasteiger partial charge in [0.2, 0.25) is 0 Å². The van der Waals surface area contributed by atoms with E-state index in [0.29, 0.717) is 17.3 Å². The average molecular weight is 296 g/mol. The molecule has 5 heteroatoms. The van der Waals surface area contributed by atoms with Crippen molar-refractivity contribution in [3.05, 3.63) is 48.8 Å². The maximum absolute atomic E-state index is 14.0. The smallest absolute Gasteiger partial charge is 0.150 e. The molecule has 0 radical (unpaired) electrons. The van der Waals surface area contributed by atoms with Gasteiger partial charge in [-0.25, -0.2) is 9.37 Å². The van der Waals surface area contributed by atoms with Gasteiger partial charge >= 0.3 is 0 Å². The molecule has 3 heterocycles. The maximum Gasteiger partial charge on any atom is 0.150 e. The molecule has 0 amide bonds. The van der Waals surface area contributed by atoms with Crippen molar-refractivity contribution < 1.29 is 4.39 Å². The van der Waals surface area contributed by atoms with Crippen molar-refractivity contribution in [1.82, 2.24) is 15.0 Å². The Balaban J connectivity index is 2.28. The monoisotopic (exact) mass is 296 g/mol. The molecule has 3 aromatic heterocycles. The van der Waals surface area contributed by atoms with Gasteiger partial charge in [-0.15, -0.1) is 0 Å². The zero-order chi connectivity index (χ0) is 15.7. The van der Waals surface area contributed by atoms with Crippen LogP contribution in [0.4, 0.5) is 10.1 Å². The van der Waals surface area contributed by atoms with Gasteiger partial charge in [0.15, 0.2) is 5.82 Å². The van der Waals surface area contributed by atoms with Crippen LogP contribution in [0.15, 0.2) is 43.0 Å². The van der Waals surface area contributed by atoms with E-state index in [4.69, 9.17) is 0 Å². The lowest BCUT2D eigenvalue weighted by Gasteiger charge is -2.25. The van der Waals surface area contributed by atoms with Gasteiger partial charge < -0.3 is 4.90 Å². The van der Waals surface area contributed by atoms with Crippen molar-refractivity contribution in [2.45, 2.75) is 19.9 Å². The predicted octanol–water partition coefficient (Wildman–Crippen LogP) is 3.68. The Kier molecular flexibility index (Phi) is 3.71. The summed E-state index contributed by atoms with van der Waals surface area (Å²) >= 11 is 0. The summed E-state index contributed by atoms with van der Waals surface area (Å²) in [6, 6.07) is 5.80. The number of aromatic nitrogens is 3. The van der Waals surface area contributed by atoms with Crippen LogP contribution in [0.2, 0.25) is 0 Å². The van der Waals surface area contributed by atoms with E-state index in [-0.39, 0.29) is 5.82 Å². The molecule has 3 rings (SSSR count). The lowest BCUT2D eigenvalue weighted by molar-refractivity contribution is 0.624. The van der Waals surface area contributed by atoms with Gasteiger partial charge in [0.05, 0.1) is 23.6 Å². The Hall–Kier alpha value is -2.56. The number of rotatable bonds is 3. The van der Waals surface area contributed by atoms with Gasteiger partial charge in [0, 0.05) is 42.1 Å². The molecule has 0 bridgehead atoms. The average Bonchev–Trinajstić information content (AvgIpc) is 2.53. The first-order valence-corrected chi connectivity index (χ1v) is 7.15. The summed E-state index contributed by atoms with van der Waals surface area (Å²) in [6.07, 6.45) is 6.22. The highest BCUT2D eigenvalue weighted by atomic mass is 19.1. The second kappa shape index (κ2) is 5.67. The molecule has 0 aliphatic carbocycles. The van der Waals surface area contributed by atoms with Gasteiger partial charge in [-0.2, -0.15) is 0 Å². The minimum absolute atomic E-state index is 0.314. The summed E-state index contributed by atoms with van der Waals surface area (Å²) in [6.45, 7) is 4.22. The van der Waals surface area contributed by atoms with Gasteiger partial charge in [-0.1, -0.05) is 0 Å². The number of pyridine rings is 3. The molecule has 0 N–H and O–H groups in total. The van der Waals surface area contributed by atoms with E-state index in [1.54, 1.807) is 24.7 Å². The van der Waals surface area contributed by atoms with Crippen LogP contribution in [0.25, 0.3) is 22.2 Å². The van der Waals surface area contributed by atoms with Gasteiger partial charge in [0.1, 0.15) is 0 Å². The standard InChI is InChI=1S/C17H17FN4/c1-11(2)22(3)17-8-15(12-4-6-19-9-14(12)18)21-16-10-20-7-5-13(16)17/h4-11H,1-3H3. The van der Waals surface area contributed by atoms with Crippen molar-refractivity contribution in [3.8, 4) is 11.3 Å². The van der Waals surface area contributed by atoms with Crippen molar-refractivity contribution in [3.63, 3.8) is 0 Å². The van der Waals surface area contributed by atoms with Crippen LogP contribution in [0, 0.1) is 5.82 Å². The van der Waals surface area contributed by atoms with Crippen LogP contribution in [0.3, 0.4) is 0 Å². The van der Waals surface area contributed by atoms with Crippen molar-refractivity contribution in [2.75, 3.05) is 11.9 Å². The van der Waals surface area contributed by atoms with E-state index in [9.17, 15) is 4.39 Å². The fourth-order valence-corrected chi connectivity index (χ4v) is 2.35. The van der Waals surface area contributed by atoms with Gasteiger partial charge in [-0.3, -0.25) is 9.97 Å². The molecule has 112 valence electrons. The van der Waals surface area contributed by atoms with Crippen molar-refractivity contribution in [2.24, 2.45) is 0 Å². The molecule has 0 saturated carbocycles. The van der Waals surface area contributed by atoms with E-state index in [1.165, 1.54) is 6.20 Å². The lowest BCUT2D eigenvalue weighted by Crippen LogP contribution is -2.26. The predicted molar refractivity (Wildman–Crippen MR) is 86.3 cm³/mol. The largest absolute Gasteiger partial charge is 0.372 e. The number of hydrogen-bond donors (Lipinski definition) is 0. The highest BCUT2D eigenvalue weighted by molar-refractivity contribution is 5.93. The normalized spacial score (nSPS) is 11.1. The molecule has 4 nitrogen and oxygen atoms in total. The number of fused-ring (bicyclic) bond motifs is 1. The summed E-state index contributed by atoms with van der Waals surface area (Å²) in [4.78, 5) is 14.6. The third-order valence-electron chi connectivity index (χ3n) is 3.79. The molecule has 0 aromatic carbocycles. The molecule has 0 unspecified atom stereocenters. The van der Waals surface area contributed by atoms with Crippen LogP contribution in [0.5, 0.6) is 0 Å². The van der Waals surface area contributed by atoms with Crippen molar-refractivity contribution in [1.29, 1.82) is 0 Å². The zero-order valence-electron chi connectivity index (χ0n) is 12.8. The number of anilines is 1. The van der Waals surface area contributed by atoms with E-state index in [2.05, 4.69) is 33.7 Å². The fourth-order valence-electron chi connectivity index (χ4n) is 2.35. The molecule has 22 heavy (non-hydrogen) atoms. The Labute approximate surface area is 128 Å². The van der Waals surface area contributed by atoms with E-state index < -0.39 is 0 Å². The van der Waals surface area contributed by atoms with Crippen LogP contribution < -0.4 is 4.90 Å². The molecular formula is C17H17FN4. The molecule has 0 aliphatic rings. The highest BCUT2D eigenvalue weighted by Crippen LogP contribution is 2.31. The maximum atomic E-state index is 14.0. The Bertz CT molecular complexity index is 817. The van der Waals surface area contributed by atoms with E-state index >= 15 is 0 Å². The summed E-state index contributed by atoms with van der Waals surface area (Å²) in [5.74, 6) is -0.378. The first-order chi connectivity index (χ1) is 10.6. The first-order valence-electron chi connectivity index (χ1n) is 7.15. The third kappa shape index (κ3) is 2.50. The van der Waals surface area contributed by atoms with E-state index in [1.807, 2.05) is 19.2 Å². The second-order valence-corrected chi connectivity index (χ2v) is 5.48. The third-order valence-corrected chi connectivity index (χ3v) is 3.79. The summed E-state index contributed by atoms with van der Waals surface area (Å²) < 4.78 is 14.0. The second-order valence-electron chi connectivity index (χ2n) is 5.48. The molecule has 0 fully saturated rings. The minimum atomic E-state index is -0.378. The SMILES string of the molecule is CC(C)N(C)c1cc(-c2ccncc2F)nc2cnccc12. The van der Waals surface area contributed by atoms with Crippen LogP contribution >= 0.6 is 0 Å². The van der Waals surface area contributed by atoms with Gasteiger partial charge in [-0.05, 0) is 32.0 Å². The number of halogens is 1. The van der Waals surface area contributed by atoms with Gasteiger partial charge in [0.25, 0.3) is 0 Å². The quantitative estimate of drug-likeness (QED) is 0.739. The minimum Gasteiger partial charge on any atom is -0.372 e. The molecule has 0 spiro atoms. The van der Waals surface area contributed by atoms with Crippen LogP contribution in [0.1, 0.15) is 13.8 Å². The fraction of sp³-hybridized carbons (Fsp3) is 0.235. The Morgan fingerprint density at radius 2 is 1.82 bits per heavy atom.